The first-order valence-corrected chi connectivity index (χ1v) is 4.59. The molecule has 13 heavy (non-hydrogen) atoms. The van der Waals surface area contributed by atoms with Gasteiger partial charge in [-0.15, -0.1) is 0 Å². The van der Waals surface area contributed by atoms with Crippen molar-refractivity contribution in [1.29, 1.82) is 0 Å². The quantitative estimate of drug-likeness (QED) is 0.480. The highest BCUT2D eigenvalue weighted by molar-refractivity contribution is 7.80. The number of allylic oxidation sites excluding steroid dienone is 1. The largest absolute Gasteiger partial charge is 0.386 e. The van der Waals surface area contributed by atoms with Crippen molar-refractivity contribution in [3.05, 3.63) is 11.3 Å². The summed E-state index contributed by atoms with van der Waals surface area (Å²) < 4.78 is 0. The topological polar surface area (TPSA) is 62.4 Å². The van der Waals surface area contributed by atoms with Crippen LogP contribution in [0.4, 0.5) is 0 Å². The zero-order valence-corrected chi connectivity index (χ0v) is 8.40. The van der Waals surface area contributed by atoms with Crippen molar-refractivity contribution in [2.45, 2.75) is 20.0 Å². The molecule has 2 aliphatic rings. The molecule has 4 nitrogen and oxygen atoms in total. The summed E-state index contributed by atoms with van der Waals surface area (Å²) in [4.78, 5) is 4.05. The number of amidine groups is 1. The molecule has 0 aromatic rings. The van der Waals surface area contributed by atoms with E-state index in [9.17, 15) is 0 Å². The molecule has 0 bridgehead atoms. The molecule has 0 radical (unpaired) electrons. The Balaban J connectivity index is 2.37. The summed E-state index contributed by atoms with van der Waals surface area (Å²) in [5.41, 5.74) is 8.21. The predicted molar refractivity (Wildman–Crippen MR) is 56.1 cm³/mol. The highest BCUT2D eigenvalue weighted by atomic mass is 32.1. The Morgan fingerprint density at radius 1 is 1.38 bits per heavy atom. The van der Waals surface area contributed by atoms with Gasteiger partial charge in [0.1, 0.15) is 12.0 Å². The van der Waals surface area contributed by atoms with Crippen LogP contribution in [0.2, 0.25) is 0 Å². The number of hydrogen-bond donors (Lipinski definition) is 3. The normalized spacial score (nSPS) is 32.2. The van der Waals surface area contributed by atoms with E-state index in [1.807, 2.05) is 6.92 Å². The lowest BCUT2D eigenvalue weighted by atomic mass is 9.98. The maximum absolute atomic E-state index is 5.81. The first-order valence-electron chi connectivity index (χ1n) is 4.18. The first-order chi connectivity index (χ1) is 6.09. The lowest BCUT2D eigenvalue weighted by Gasteiger charge is -2.26. The van der Waals surface area contributed by atoms with Gasteiger partial charge in [0.25, 0.3) is 0 Å². The zero-order valence-electron chi connectivity index (χ0n) is 7.59. The second kappa shape index (κ2) is 2.70. The molecule has 2 atom stereocenters. The van der Waals surface area contributed by atoms with Crippen molar-refractivity contribution in [2.24, 2.45) is 16.6 Å². The number of nitrogens with two attached hydrogens (primary N) is 1. The molecular weight excluding hydrogens is 184 g/mol. The Hall–Kier alpha value is -1.10. The molecule has 2 heterocycles. The van der Waals surface area contributed by atoms with Gasteiger partial charge in [-0.2, -0.15) is 0 Å². The number of nitrogens with one attached hydrogen (secondary N) is 2. The van der Waals surface area contributed by atoms with Crippen LogP contribution in [0.1, 0.15) is 13.8 Å². The molecule has 0 fully saturated rings. The zero-order chi connectivity index (χ0) is 9.59. The monoisotopic (exact) mass is 196 g/mol. The molecule has 5 heteroatoms. The van der Waals surface area contributed by atoms with Crippen LogP contribution in [0.25, 0.3) is 0 Å². The summed E-state index contributed by atoms with van der Waals surface area (Å²) in [6.45, 7) is 4.09. The molecular formula is C8H12N4S. The third kappa shape index (κ3) is 1.19. The second-order valence-corrected chi connectivity index (χ2v) is 3.78. The van der Waals surface area contributed by atoms with E-state index in [0.29, 0.717) is 10.9 Å². The molecule has 2 rings (SSSR count). The molecule has 4 N–H and O–H groups in total. The smallest absolute Gasteiger partial charge is 0.196 e. The van der Waals surface area contributed by atoms with Crippen molar-refractivity contribution >= 4 is 23.2 Å². The van der Waals surface area contributed by atoms with Gasteiger partial charge in [-0.05, 0) is 31.6 Å². The van der Waals surface area contributed by atoms with Crippen LogP contribution in [-0.2, 0) is 0 Å². The van der Waals surface area contributed by atoms with Gasteiger partial charge in [0.15, 0.2) is 5.11 Å². The average Bonchev–Trinajstić information content (AvgIpc) is 2.27. The Kier molecular flexibility index (Phi) is 1.76. The Bertz CT molecular complexity index is 331. The number of rotatable bonds is 0. The van der Waals surface area contributed by atoms with E-state index in [-0.39, 0.29) is 12.1 Å². The van der Waals surface area contributed by atoms with Crippen LogP contribution in [0.15, 0.2) is 16.3 Å². The van der Waals surface area contributed by atoms with Crippen LogP contribution >= 0.6 is 12.2 Å². The summed E-state index contributed by atoms with van der Waals surface area (Å²) in [5.74, 6) is 0.766. The predicted octanol–water partition coefficient (Wildman–Crippen LogP) is 0.0711. The standard InChI is InChI=1S/C8H12N4S/c1-3-4(2)10-7-5(3)6(9)11-8(13)12-7/h5,7,10H,1-2H3,(H3,9,11,12,13). The van der Waals surface area contributed by atoms with Gasteiger partial charge in [0.2, 0.25) is 0 Å². The van der Waals surface area contributed by atoms with E-state index >= 15 is 0 Å². The highest BCUT2D eigenvalue weighted by Gasteiger charge is 2.36. The van der Waals surface area contributed by atoms with Crippen LogP contribution in [0, 0.1) is 5.92 Å². The van der Waals surface area contributed by atoms with E-state index in [0.717, 1.165) is 5.70 Å². The van der Waals surface area contributed by atoms with Crippen molar-refractivity contribution in [3.8, 4) is 0 Å². The van der Waals surface area contributed by atoms with E-state index in [1.165, 1.54) is 5.57 Å². The fraction of sp³-hybridized carbons (Fsp3) is 0.500. The van der Waals surface area contributed by atoms with E-state index in [1.54, 1.807) is 0 Å². The molecule has 0 spiro atoms. The molecule has 2 unspecified atom stereocenters. The van der Waals surface area contributed by atoms with Crippen molar-refractivity contribution in [2.75, 3.05) is 0 Å². The van der Waals surface area contributed by atoms with Crippen LogP contribution in [-0.4, -0.2) is 17.1 Å². The number of nitrogens with zero attached hydrogens (tertiary/aromatic N) is 1. The number of aliphatic imine (C=N–C) groups is 1. The number of fused-ring (bicyclic) bond motifs is 1. The molecule has 0 aliphatic carbocycles. The lowest BCUT2D eigenvalue weighted by Crippen LogP contribution is -2.52. The molecule has 0 aromatic heterocycles. The molecule has 0 aromatic carbocycles. The first kappa shape index (κ1) is 8.50. The van der Waals surface area contributed by atoms with E-state index in [4.69, 9.17) is 18.0 Å². The minimum Gasteiger partial charge on any atom is -0.386 e. The lowest BCUT2D eigenvalue weighted by molar-refractivity contribution is 0.509. The molecule has 2 aliphatic heterocycles. The molecule has 70 valence electrons. The van der Waals surface area contributed by atoms with Gasteiger partial charge in [-0.25, -0.2) is 4.99 Å². The van der Waals surface area contributed by atoms with Gasteiger partial charge in [-0.3, -0.25) is 0 Å². The van der Waals surface area contributed by atoms with Gasteiger partial charge in [-0.1, -0.05) is 0 Å². The van der Waals surface area contributed by atoms with E-state index < -0.39 is 0 Å². The average molecular weight is 196 g/mol. The SMILES string of the molecule is CC1=C(C)C2C(N)=NC(=S)NC2N1. The molecule has 0 saturated heterocycles. The Morgan fingerprint density at radius 3 is 2.77 bits per heavy atom. The van der Waals surface area contributed by atoms with Crippen LogP contribution in [0.5, 0.6) is 0 Å². The summed E-state index contributed by atoms with van der Waals surface area (Å²) in [6.07, 6.45) is 0.102. The fourth-order valence-corrected chi connectivity index (χ4v) is 2.01. The summed E-state index contributed by atoms with van der Waals surface area (Å²) in [5, 5.41) is 6.83. The summed E-state index contributed by atoms with van der Waals surface area (Å²) in [6, 6.07) is 0. The van der Waals surface area contributed by atoms with Gasteiger partial charge >= 0.3 is 0 Å². The minimum absolute atomic E-state index is 0.102. The van der Waals surface area contributed by atoms with Gasteiger partial charge in [0.05, 0.1) is 5.92 Å². The van der Waals surface area contributed by atoms with Gasteiger partial charge in [0, 0.05) is 5.70 Å². The fourth-order valence-electron chi connectivity index (χ4n) is 1.78. The third-order valence-electron chi connectivity index (χ3n) is 2.59. The minimum atomic E-state index is 0.102. The number of thiocarbonyl (C=S) groups is 1. The van der Waals surface area contributed by atoms with Crippen molar-refractivity contribution < 1.29 is 0 Å². The maximum Gasteiger partial charge on any atom is 0.196 e. The summed E-state index contributed by atoms with van der Waals surface area (Å²) >= 11 is 4.95. The molecule has 0 saturated carbocycles. The van der Waals surface area contributed by atoms with Crippen molar-refractivity contribution in [1.82, 2.24) is 10.6 Å². The molecule has 0 amide bonds. The van der Waals surface area contributed by atoms with Crippen LogP contribution in [0.3, 0.4) is 0 Å². The number of hydrogen-bond acceptors (Lipinski definition) is 3. The van der Waals surface area contributed by atoms with Gasteiger partial charge < -0.3 is 16.4 Å². The second-order valence-electron chi connectivity index (χ2n) is 3.39. The summed E-state index contributed by atoms with van der Waals surface area (Å²) in [7, 11) is 0. The van der Waals surface area contributed by atoms with Crippen molar-refractivity contribution in [3.63, 3.8) is 0 Å². The highest BCUT2D eigenvalue weighted by Crippen LogP contribution is 2.26. The van der Waals surface area contributed by atoms with E-state index in [2.05, 4.69) is 22.5 Å². The Morgan fingerprint density at radius 2 is 2.08 bits per heavy atom. The maximum atomic E-state index is 5.81. The Labute approximate surface area is 82.3 Å². The third-order valence-corrected chi connectivity index (χ3v) is 2.80. The van der Waals surface area contributed by atoms with Crippen LogP contribution < -0.4 is 16.4 Å².